The Morgan fingerprint density at radius 3 is 2.54 bits per heavy atom. The van der Waals surface area contributed by atoms with Crippen LogP contribution in [-0.4, -0.2) is 26.4 Å². The topological polar surface area (TPSA) is 88.2 Å². The lowest BCUT2D eigenvalue weighted by Gasteiger charge is -2.04. The van der Waals surface area contributed by atoms with Gasteiger partial charge in [0.1, 0.15) is 5.82 Å². The summed E-state index contributed by atoms with van der Waals surface area (Å²) in [7, 11) is -2.24. The van der Waals surface area contributed by atoms with E-state index in [-0.39, 0.29) is 10.7 Å². The Hall–Kier alpha value is -2.62. The zero-order valence-electron chi connectivity index (χ0n) is 13.6. The lowest BCUT2D eigenvalue weighted by molar-refractivity contribution is 0.102. The predicted molar refractivity (Wildman–Crippen MR) is 98.1 cm³/mol. The number of halogens is 1. The minimum atomic E-state index is -3.55. The highest BCUT2D eigenvalue weighted by Crippen LogP contribution is 2.25. The molecule has 0 fully saturated rings. The Morgan fingerprint density at radius 1 is 1.15 bits per heavy atom. The number of amides is 1. The van der Waals surface area contributed by atoms with E-state index in [4.69, 9.17) is 0 Å². The summed E-state index contributed by atoms with van der Waals surface area (Å²) in [6.45, 7) is 0. The molecule has 1 aromatic heterocycles. The molecule has 0 atom stereocenters. The zero-order chi connectivity index (χ0) is 18.7. The molecule has 0 spiro atoms. The lowest BCUT2D eigenvalue weighted by atomic mass is 10.2. The van der Waals surface area contributed by atoms with Crippen LogP contribution in [-0.2, 0) is 10.0 Å². The van der Waals surface area contributed by atoms with Crippen LogP contribution in [0, 0.1) is 5.82 Å². The van der Waals surface area contributed by atoms with Crippen molar-refractivity contribution in [1.82, 2.24) is 9.71 Å². The molecule has 0 aliphatic rings. The first-order chi connectivity index (χ1) is 12.4. The number of benzene rings is 2. The number of carbonyl (C=O) groups is 1. The first-order valence-electron chi connectivity index (χ1n) is 7.45. The summed E-state index contributed by atoms with van der Waals surface area (Å²) in [6, 6.07) is 11.6. The number of anilines is 1. The van der Waals surface area contributed by atoms with Crippen LogP contribution in [0.5, 0.6) is 0 Å². The fraction of sp³-hybridized carbons (Fsp3) is 0.0588. The number of carbonyl (C=O) groups excluding carboxylic acids is 1. The number of rotatable bonds is 5. The molecular formula is C17H14FN3O3S2. The van der Waals surface area contributed by atoms with Crippen molar-refractivity contribution in [3.63, 3.8) is 0 Å². The number of hydrogen-bond donors (Lipinski definition) is 2. The van der Waals surface area contributed by atoms with Crippen LogP contribution in [0.15, 0.2) is 58.8 Å². The molecule has 0 unspecified atom stereocenters. The van der Waals surface area contributed by atoms with E-state index in [2.05, 4.69) is 15.0 Å². The van der Waals surface area contributed by atoms with Gasteiger partial charge >= 0.3 is 0 Å². The standard InChI is InChI=1S/C17H14FN3O3S2/c1-19-26(23,24)14-7-5-11(6-8-14)16(22)21-17-20-15(10-25-17)12-3-2-4-13(18)9-12/h2-10,19H,1H3,(H,20,21,22). The molecule has 1 heterocycles. The zero-order valence-corrected chi connectivity index (χ0v) is 15.2. The molecular weight excluding hydrogens is 377 g/mol. The maximum atomic E-state index is 13.3. The van der Waals surface area contributed by atoms with E-state index >= 15 is 0 Å². The highest BCUT2D eigenvalue weighted by atomic mass is 32.2. The van der Waals surface area contributed by atoms with Crippen LogP contribution in [0.3, 0.4) is 0 Å². The second-order valence-electron chi connectivity index (χ2n) is 5.23. The van der Waals surface area contributed by atoms with Gasteiger partial charge in [-0.2, -0.15) is 0 Å². The Labute approximate surface area is 153 Å². The van der Waals surface area contributed by atoms with Crippen molar-refractivity contribution in [2.24, 2.45) is 0 Å². The highest BCUT2D eigenvalue weighted by Gasteiger charge is 2.14. The second kappa shape index (κ2) is 7.32. The monoisotopic (exact) mass is 391 g/mol. The number of sulfonamides is 1. The van der Waals surface area contributed by atoms with Crippen LogP contribution in [0.25, 0.3) is 11.3 Å². The molecule has 1 amide bonds. The van der Waals surface area contributed by atoms with Gasteiger partial charge in [-0.3, -0.25) is 10.1 Å². The molecule has 3 aromatic rings. The maximum absolute atomic E-state index is 13.3. The van der Waals surface area contributed by atoms with Gasteiger partial charge in [-0.05, 0) is 43.4 Å². The molecule has 2 aromatic carbocycles. The number of aromatic nitrogens is 1. The predicted octanol–water partition coefficient (Wildman–Crippen LogP) is 3.11. The van der Waals surface area contributed by atoms with Crippen molar-refractivity contribution >= 4 is 32.4 Å². The third kappa shape index (κ3) is 3.96. The van der Waals surface area contributed by atoms with Gasteiger partial charge in [-0.15, -0.1) is 11.3 Å². The largest absolute Gasteiger partial charge is 0.298 e. The summed E-state index contributed by atoms with van der Waals surface area (Å²) in [5.41, 5.74) is 1.46. The van der Waals surface area contributed by atoms with Crippen molar-refractivity contribution in [2.45, 2.75) is 4.90 Å². The summed E-state index contributed by atoms with van der Waals surface area (Å²) in [4.78, 5) is 16.6. The first-order valence-corrected chi connectivity index (χ1v) is 9.82. The SMILES string of the molecule is CNS(=O)(=O)c1ccc(C(=O)Nc2nc(-c3cccc(F)c3)cs2)cc1. The van der Waals surface area contributed by atoms with Crippen LogP contribution >= 0.6 is 11.3 Å². The third-order valence-electron chi connectivity index (χ3n) is 3.54. The van der Waals surface area contributed by atoms with Crippen molar-refractivity contribution in [1.29, 1.82) is 0 Å². The van der Waals surface area contributed by atoms with E-state index in [1.165, 1.54) is 54.8 Å². The molecule has 9 heteroatoms. The lowest BCUT2D eigenvalue weighted by Crippen LogP contribution is -2.19. The number of nitrogens with zero attached hydrogens (tertiary/aromatic N) is 1. The van der Waals surface area contributed by atoms with Gasteiger partial charge in [0.25, 0.3) is 5.91 Å². The average molecular weight is 391 g/mol. The van der Waals surface area contributed by atoms with E-state index in [1.54, 1.807) is 17.5 Å². The summed E-state index contributed by atoms with van der Waals surface area (Å²) >= 11 is 1.21. The maximum Gasteiger partial charge on any atom is 0.257 e. The quantitative estimate of drug-likeness (QED) is 0.700. The van der Waals surface area contributed by atoms with Crippen molar-refractivity contribution in [2.75, 3.05) is 12.4 Å². The molecule has 3 rings (SSSR count). The average Bonchev–Trinajstić information content (AvgIpc) is 3.10. The first kappa shape index (κ1) is 18.2. The molecule has 0 saturated carbocycles. The Kier molecular flexibility index (Phi) is 5.12. The van der Waals surface area contributed by atoms with Gasteiger partial charge in [-0.1, -0.05) is 12.1 Å². The molecule has 134 valence electrons. The van der Waals surface area contributed by atoms with E-state index in [0.717, 1.165) is 0 Å². The highest BCUT2D eigenvalue weighted by molar-refractivity contribution is 7.89. The molecule has 0 radical (unpaired) electrons. The minimum absolute atomic E-state index is 0.0687. The summed E-state index contributed by atoms with van der Waals surface area (Å²) < 4.78 is 38.9. The smallest absolute Gasteiger partial charge is 0.257 e. The van der Waals surface area contributed by atoms with E-state index in [1.807, 2.05) is 0 Å². The van der Waals surface area contributed by atoms with Gasteiger partial charge in [0.05, 0.1) is 10.6 Å². The van der Waals surface area contributed by atoms with E-state index in [9.17, 15) is 17.6 Å². The Morgan fingerprint density at radius 2 is 1.88 bits per heavy atom. The van der Waals surface area contributed by atoms with Gasteiger partial charge in [0.2, 0.25) is 10.0 Å². The molecule has 0 saturated heterocycles. The van der Waals surface area contributed by atoms with Crippen molar-refractivity contribution in [3.05, 3.63) is 65.3 Å². The molecule has 2 N–H and O–H groups in total. The number of hydrogen-bond acceptors (Lipinski definition) is 5. The molecule has 0 aliphatic carbocycles. The molecule has 6 nitrogen and oxygen atoms in total. The summed E-state index contributed by atoms with van der Waals surface area (Å²) in [5, 5.41) is 4.72. The van der Waals surface area contributed by atoms with Crippen LogP contribution < -0.4 is 10.0 Å². The van der Waals surface area contributed by atoms with Gasteiger partial charge in [-0.25, -0.2) is 22.5 Å². The van der Waals surface area contributed by atoms with Crippen LogP contribution in [0.4, 0.5) is 9.52 Å². The number of nitrogens with one attached hydrogen (secondary N) is 2. The second-order valence-corrected chi connectivity index (χ2v) is 7.98. The third-order valence-corrected chi connectivity index (χ3v) is 5.73. The van der Waals surface area contributed by atoms with Gasteiger partial charge in [0.15, 0.2) is 5.13 Å². The van der Waals surface area contributed by atoms with Crippen molar-refractivity contribution in [3.8, 4) is 11.3 Å². The van der Waals surface area contributed by atoms with Crippen LogP contribution in [0.1, 0.15) is 10.4 Å². The van der Waals surface area contributed by atoms with Gasteiger partial charge < -0.3 is 0 Å². The van der Waals surface area contributed by atoms with E-state index in [0.29, 0.717) is 22.0 Å². The molecule has 0 aliphatic heterocycles. The molecule has 0 bridgehead atoms. The normalized spacial score (nSPS) is 11.3. The summed E-state index contributed by atoms with van der Waals surface area (Å²) in [5.74, 6) is -0.781. The molecule has 26 heavy (non-hydrogen) atoms. The van der Waals surface area contributed by atoms with Gasteiger partial charge in [0, 0.05) is 16.5 Å². The van der Waals surface area contributed by atoms with E-state index < -0.39 is 15.9 Å². The van der Waals surface area contributed by atoms with Crippen LogP contribution in [0.2, 0.25) is 0 Å². The fourth-order valence-electron chi connectivity index (χ4n) is 2.18. The fourth-order valence-corrected chi connectivity index (χ4v) is 3.63. The minimum Gasteiger partial charge on any atom is -0.298 e. The van der Waals surface area contributed by atoms with Crippen molar-refractivity contribution < 1.29 is 17.6 Å². The Balaban J connectivity index is 1.74. The Bertz CT molecular complexity index is 1050. The number of thiazole rings is 1. The summed E-state index contributed by atoms with van der Waals surface area (Å²) in [6.07, 6.45) is 0.